The van der Waals surface area contributed by atoms with Crippen molar-refractivity contribution in [3.63, 3.8) is 0 Å². The molecular weight excluding hydrogens is 176 g/mol. The molecule has 0 amide bonds. The summed E-state index contributed by atoms with van der Waals surface area (Å²) < 4.78 is 11.3. The van der Waals surface area contributed by atoms with Crippen LogP contribution >= 0.6 is 0 Å². The molecule has 1 aromatic rings. The Balaban J connectivity index is 2.00. The van der Waals surface area contributed by atoms with Crippen LogP contribution in [0, 0.1) is 0 Å². The Morgan fingerprint density at radius 3 is 3.14 bits per heavy atom. The van der Waals surface area contributed by atoms with E-state index in [0.717, 1.165) is 25.2 Å². The zero-order valence-electron chi connectivity index (χ0n) is 7.90. The SMILES string of the molecule is C1=C2Cc3ccccc3OC2OCC1. The van der Waals surface area contributed by atoms with E-state index in [9.17, 15) is 0 Å². The Morgan fingerprint density at radius 1 is 1.21 bits per heavy atom. The molecule has 2 heteroatoms. The highest BCUT2D eigenvalue weighted by molar-refractivity contribution is 5.40. The fraction of sp³-hybridized carbons (Fsp3) is 0.333. The van der Waals surface area contributed by atoms with Crippen molar-refractivity contribution in [1.82, 2.24) is 0 Å². The van der Waals surface area contributed by atoms with Crippen LogP contribution in [0.1, 0.15) is 12.0 Å². The molecule has 72 valence electrons. The van der Waals surface area contributed by atoms with E-state index in [1.54, 1.807) is 0 Å². The second kappa shape index (κ2) is 3.14. The van der Waals surface area contributed by atoms with E-state index in [1.807, 2.05) is 18.2 Å². The third-order valence-electron chi connectivity index (χ3n) is 2.70. The first-order chi connectivity index (χ1) is 6.93. The van der Waals surface area contributed by atoms with Gasteiger partial charge in [-0.05, 0) is 23.6 Å². The fourth-order valence-corrected chi connectivity index (χ4v) is 1.99. The maximum atomic E-state index is 5.75. The largest absolute Gasteiger partial charge is 0.461 e. The Morgan fingerprint density at radius 2 is 2.14 bits per heavy atom. The normalized spacial score (nSPS) is 24.3. The lowest BCUT2D eigenvalue weighted by atomic mass is 9.99. The summed E-state index contributed by atoms with van der Waals surface area (Å²) in [4.78, 5) is 0. The quantitative estimate of drug-likeness (QED) is 0.581. The monoisotopic (exact) mass is 188 g/mol. The molecule has 1 aromatic carbocycles. The molecule has 1 atom stereocenters. The molecule has 3 rings (SSSR count). The zero-order chi connectivity index (χ0) is 9.38. The third-order valence-corrected chi connectivity index (χ3v) is 2.70. The van der Waals surface area contributed by atoms with Crippen LogP contribution in [0.2, 0.25) is 0 Å². The van der Waals surface area contributed by atoms with Gasteiger partial charge in [-0.3, -0.25) is 0 Å². The standard InChI is InChI=1S/C12H12O2/c1-2-6-11-9(4-1)8-10-5-3-7-13-12(10)14-11/h1-2,4-6,12H,3,7-8H2. The van der Waals surface area contributed by atoms with Gasteiger partial charge in [0.2, 0.25) is 6.29 Å². The lowest BCUT2D eigenvalue weighted by Gasteiger charge is -2.30. The van der Waals surface area contributed by atoms with E-state index in [4.69, 9.17) is 9.47 Å². The number of rotatable bonds is 0. The summed E-state index contributed by atoms with van der Waals surface area (Å²) in [6, 6.07) is 8.16. The van der Waals surface area contributed by atoms with Gasteiger partial charge < -0.3 is 9.47 Å². The van der Waals surface area contributed by atoms with E-state index in [2.05, 4.69) is 12.1 Å². The van der Waals surface area contributed by atoms with Crippen molar-refractivity contribution in [3.05, 3.63) is 41.5 Å². The minimum Gasteiger partial charge on any atom is -0.461 e. The van der Waals surface area contributed by atoms with Crippen LogP contribution in [0.5, 0.6) is 5.75 Å². The maximum Gasteiger partial charge on any atom is 0.223 e. The van der Waals surface area contributed by atoms with Crippen molar-refractivity contribution in [2.75, 3.05) is 6.61 Å². The summed E-state index contributed by atoms with van der Waals surface area (Å²) >= 11 is 0. The smallest absolute Gasteiger partial charge is 0.223 e. The Labute approximate surface area is 83.1 Å². The Bertz CT molecular complexity index is 382. The molecule has 0 bridgehead atoms. The molecule has 0 saturated heterocycles. The van der Waals surface area contributed by atoms with Gasteiger partial charge in [-0.1, -0.05) is 24.3 Å². The van der Waals surface area contributed by atoms with E-state index in [-0.39, 0.29) is 6.29 Å². The molecule has 14 heavy (non-hydrogen) atoms. The van der Waals surface area contributed by atoms with Gasteiger partial charge in [0.25, 0.3) is 0 Å². The second-order valence-electron chi connectivity index (χ2n) is 3.67. The highest BCUT2D eigenvalue weighted by atomic mass is 16.7. The van der Waals surface area contributed by atoms with E-state index in [1.165, 1.54) is 11.1 Å². The van der Waals surface area contributed by atoms with Gasteiger partial charge >= 0.3 is 0 Å². The minimum absolute atomic E-state index is 0.126. The fourth-order valence-electron chi connectivity index (χ4n) is 1.99. The van der Waals surface area contributed by atoms with Crippen LogP contribution < -0.4 is 4.74 Å². The van der Waals surface area contributed by atoms with Crippen molar-refractivity contribution in [2.45, 2.75) is 19.1 Å². The van der Waals surface area contributed by atoms with Crippen molar-refractivity contribution in [2.24, 2.45) is 0 Å². The van der Waals surface area contributed by atoms with Crippen LogP contribution in [0.25, 0.3) is 0 Å². The molecule has 0 radical (unpaired) electrons. The predicted octanol–water partition coefficient (Wildman–Crippen LogP) is 2.29. The van der Waals surface area contributed by atoms with Crippen LogP contribution in [-0.4, -0.2) is 12.9 Å². The van der Waals surface area contributed by atoms with Crippen LogP contribution in [0.3, 0.4) is 0 Å². The summed E-state index contributed by atoms with van der Waals surface area (Å²) in [5, 5.41) is 0. The molecule has 0 N–H and O–H groups in total. The molecule has 0 aromatic heterocycles. The highest BCUT2D eigenvalue weighted by Crippen LogP contribution is 2.32. The van der Waals surface area contributed by atoms with Crippen LogP contribution in [0.15, 0.2) is 35.9 Å². The molecule has 0 aliphatic carbocycles. The molecule has 0 saturated carbocycles. The number of hydrogen-bond acceptors (Lipinski definition) is 2. The first-order valence-corrected chi connectivity index (χ1v) is 4.98. The Hall–Kier alpha value is -1.28. The van der Waals surface area contributed by atoms with Gasteiger partial charge in [0.05, 0.1) is 6.61 Å². The molecular formula is C12H12O2. The van der Waals surface area contributed by atoms with Gasteiger partial charge in [0.1, 0.15) is 5.75 Å². The van der Waals surface area contributed by atoms with Gasteiger partial charge in [-0.2, -0.15) is 0 Å². The molecule has 0 spiro atoms. The lowest BCUT2D eigenvalue weighted by Crippen LogP contribution is -2.31. The van der Waals surface area contributed by atoms with Gasteiger partial charge in [0.15, 0.2) is 0 Å². The number of para-hydroxylation sites is 1. The average molecular weight is 188 g/mol. The first-order valence-electron chi connectivity index (χ1n) is 4.98. The number of hydrogen-bond donors (Lipinski definition) is 0. The van der Waals surface area contributed by atoms with Crippen molar-refractivity contribution < 1.29 is 9.47 Å². The number of ether oxygens (including phenoxy) is 2. The Kier molecular flexibility index (Phi) is 1.81. The first kappa shape index (κ1) is 8.06. The molecule has 2 nitrogen and oxygen atoms in total. The van der Waals surface area contributed by atoms with E-state index >= 15 is 0 Å². The van der Waals surface area contributed by atoms with Gasteiger partial charge in [0, 0.05) is 6.42 Å². The van der Waals surface area contributed by atoms with Gasteiger partial charge in [-0.15, -0.1) is 0 Å². The predicted molar refractivity (Wildman–Crippen MR) is 53.2 cm³/mol. The average Bonchev–Trinajstić information content (AvgIpc) is 2.26. The topological polar surface area (TPSA) is 18.5 Å². The van der Waals surface area contributed by atoms with Crippen molar-refractivity contribution >= 4 is 0 Å². The van der Waals surface area contributed by atoms with Crippen molar-refractivity contribution in [1.29, 1.82) is 0 Å². The molecule has 1 unspecified atom stereocenters. The summed E-state index contributed by atoms with van der Waals surface area (Å²) in [6.45, 7) is 0.774. The summed E-state index contributed by atoms with van der Waals surface area (Å²) in [7, 11) is 0. The summed E-state index contributed by atoms with van der Waals surface area (Å²) in [5.41, 5.74) is 2.54. The van der Waals surface area contributed by atoms with Crippen LogP contribution in [0.4, 0.5) is 0 Å². The molecule has 0 fully saturated rings. The van der Waals surface area contributed by atoms with E-state index < -0.39 is 0 Å². The number of fused-ring (bicyclic) bond motifs is 2. The molecule has 2 aliphatic heterocycles. The number of benzene rings is 1. The highest BCUT2D eigenvalue weighted by Gasteiger charge is 2.26. The maximum absolute atomic E-state index is 5.75. The summed E-state index contributed by atoms with van der Waals surface area (Å²) in [6.07, 6.45) is 4.10. The van der Waals surface area contributed by atoms with Crippen molar-refractivity contribution in [3.8, 4) is 5.75 Å². The third kappa shape index (κ3) is 1.23. The minimum atomic E-state index is -0.126. The van der Waals surface area contributed by atoms with E-state index in [0.29, 0.717) is 0 Å². The molecule has 2 aliphatic rings. The summed E-state index contributed by atoms with van der Waals surface area (Å²) in [5.74, 6) is 0.969. The lowest BCUT2D eigenvalue weighted by molar-refractivity contribution is -0.0660. The molecule has 2 heterocycles. The van der Waals surface area contributed by atoms with Gasteiger partial charge in [-0.25, -0.2) is 0 Å². The second-order valence-corrected chi connectivity index (χ2v) is 3.67. The van der Waals surface area contributed by atoms with Crippen LogP contribution in [-0.2, 0) is 11.2 Å². The zero-order valence-corrected chi connectivity index (χ0v) is 7.90.